The van der Waals surface area contributed by atoms with E-state index < -0.39 is 11.9 Å². The van der Waals surface area contributed by atoms with E-state index in [2.05, 4.69) is 5.10 Å². The number of carboxylic acid groups (broad SMARTS) is 1. The van der Waals surface area contributed by atoms with Crippen LogP contribution in [0.25, 0.3) is 6.08 Å². The lowest BCUT2D eigenvalue weighted by Crippen LogP contribution is -2.29. The van der Waals surface area contributed by atoms with Gasteiger partial charge in [-0.3, -0.25) is 4.79 Å². The predicted octanol–water partition coefficient (Wildman–Crippen LogP) is 3.39. The molecule has 3 rings (SSSR count). The van der Waals surface area contributed by atoms with Crippen LogP contribution < -0.4 is 5.01 Å². The number of carbonyl (C=O) groups is 2. The molecule has 0 saturated carbocycles. The van der Waals surface area contributed by atoms with E-state index in [4.69, 9.17) is 10.00 Å². The molecule has 7 nitrogen and oxygen atoms in total. The molecule has 0 aliphatic carbocycles. The number of hydrazone groups is 1. The Morgan fingerprint density at radius 1 is 1.23 bits per heavy atom. The topological polar surface area (TPSA) is 103 Å². The van der Waals surface area contributed by atoms with E-state index in [9.17, 15) is 14.7 Å². The zero-order chi connectivity index (χ0) is 21.7. The van der Waals surface area contributed by atoms with Gasteiger partial charge >= 0.3 is 5.97 Å². The van der Waals surface area contributed by atoms with Crippen molar-refractivity contribution in [2.24, 2.45) is 11.0 Å². The molecule has 0 spiro atoms. The van der Waals surface area contributed by atoms with Crippen molar-refractivity contribution in [3.8, 4) is 6.07 Å². The number of carbonyl (C=O) groups excluding carboxylic acids is 1. The molecule has 1 unspecified atom stereocenters. The molecule has 1 aliphatic heterocycles. The Morgan fingerprint density at radius 3 is 2.47 bits per heavy atom. The van der Waals surface area contributed by atoms with Gasteiger partial charge in [0.05, 0.1) is 35.6 Å². The first-order valence-electron chi connectivity index (χ1n) is 9.34. The molecule has 1 heterocycles. The number of hydrogen-bond donors (Lipinski definition) is 1. The first-order chi connectivity index (χ1) is 14.4. The summed E-state index contributed by atoms with van der Waals surface area (Å²) in [5.41, 5.74) is 3.36. The van der Waals surface area contributed by atoms with Gasteiger partial charge in [0.2, 0.25) is 0 Å². The van der Waals surface area contributed by atoms with Crippen LogP contribution in [0.3, 0.4) is 0 Å². The molecule has 2 aromatic rings. The van der Waals surface area contributed by atoms with Crippen LogP contribution in [0.1, 0.15) is 23.1 Å². The van der Waals surface area contributed by atoms with Crippen LogP contribution in [0, 0.1) is 24.2 Å². The fraction of sp³-hybridized carbons (Fsp3) is 0.217. The Labute approximate surface area is 174 Å². The van der Waals surface area contributed by atoms with Crippen molar-refractivity contribution in [3.63, 3.8) is 0 Å². The largest absolute Gasteiger partial charge is 0.478 e. The highest BCUT2D eigenvalue weighted by Gasteiger charge is 2.37. The van der Waals surface area contributed by atoms with Crippen LogP contribution in [0.4, 0.5) is 5.69 Å². The van der Waals surface area contributed by atoms with Gasteiger partial charge in [0.15, 0.2) is 0 Å². The number of ether oxygens (including phenoxy) is 1. The molecule has 30 heavy (non-hydrogen) atoms. The van der Waals surface area contributed by atoms with E-state index in [-0.39, 0.29) is 24.5 Å². The van der Waals surface area contributed by atoms with Crippen LogP contribution in [0.2, 0.25) is 0 Å². The van der Waals surface area contributed by atoms with Gasteiger partial charge in [0.25, 0.3) is 5.91 Å². The van der Waals surface area contributed by atoms with Crippen LogP contribution in [0.15, 0.2) is 59.2 Å². The molecule has 0 aromatic heterocycles. The zero-order valence-corrected chi connectivity index (χ0v) is 16.7. The summed E-state index contributed by atoms with van der Waals surface area (Å²) in [7, 11) is 1.50. The van der Waals surface area contributed by atoms with Crippen molar-refractivity contribution in [3.05, 3.63) is 70.8 Å². The maximum atomic E-state index is 13.1. The first-order valence-corrected chi connectivity index (χ1v) is 9.34. The third kappa shape index (κ3) is 4.62. The summed E-state index contributed by atoms with van der Waals surface area (Å²) in [5.74, 6) is -2.14. The van der Waals surface area contributed by atoms with Gasteiger partial charge in [-0.25, -0.2) is 9.80 Å². The predicted molar refractivity (Wildman–Crippen MR) is 113 cm³/mol. The highest BCUT2D eigenvalue weighted by atomic mass is 16.5. The number of methoxy groups -OCH3 is 1. The second-order valence-electron chi connectivity index (χ2n) is 6.98. The van der Waals surface area contributed by atoms with Crippen LogP contribution in [-0.4, -0.2) is 36.4 Å². The molecule has 1 aliphatic rings. The summed E-state index contributed by atoms with van der Waals surface area (Å²) in [6.45, 7) is 2.08. The van der Waals surface area contributed by atoms with Crippen molar-refractivity contribution >= 4 is 29.4 Å². The minimum absolute atomic E-state index is 0.0152. The lowest BCUT2D eigenvalue weighted by molar-refractivity contribution is -0.132. The van der Waals surface area contributed by atoms with E-state index in [1.807, 2.05) is 25.1 Å². The highest BCUT2D eigenvalue weighted by Crippen LogP contribution is 2.29. The Hall–Kier alpha value is -3.76. The molecule has 7 heteroatoms. The quantitative estimate of drug-likeness (QED) is 0.714. The second kappa shape index (κ2) is 9.16. The van der Waals surface area contributed by atoms with E-state index in [0.717, 1.165) is 5.56 Å². The van der Waals surface area contributed by atoms with E-state index in [0.29, 0.717) is 22.5 Å². The van der Waals surface area contributed by atoms with Gasteiger partial charge in [-0.15, -0.1) is 0 Å². The highest BCUT2D eigenvalue weighted by molar-refractivity contribution is 6.16. The third-order valence-corrected chi connectivity index (χ3v) is 4.79. The van der Waals surface area contributed by atoms with Crippen molar-refractivity contribution in [2.45, 2.75) is 13.3 Å². The number of aliphatic carboxylic acids is 1. The monoisotopic (exact) mass is 403 g/mol. The van der Waals surface area contributed by atoms with Gasteiger partial charge in [-0.1, -0.05) is 29.8 Å². The summed E-state index contributed by atoms with van der Waals surface area (Å²) in [6.07, 6.45) is 1.49. The molecular weight excluding hydrogens is 382 g/mol. The first kappa shape index (κ1) is 21.0. The smallest absolute Gasteiger partial charge is 0.331 e. The SMILES string of the molecule is COCC1=NN(c2ccc(C)cc2)C(=O)C1C/C(=C/c1ccc(C#N)cc1)C(=O)O. The number of aryl methyl sites for hydroxylation is 1. The Balaban J connectivity index is 1.89. The number of nitrogens with zero attached hydrogens (tertiary/aromatic N) is 3. The number of nitriles is 1. The third-order valence-electron chi connectivity index (χ3n) is 4.79. The standard InChI is InChI=1S/C23H21N3O4/c1-15-3-9-19(10-4-15)26-22(27)20(21(25-26)14-30-2)12-18(23(28)29)11-16-5-7-17(13-24)8-6-16/h3-11,20H,12,14H2,1-2H3,(H,28,29)/b18-11-. The summed E-state index contributed by atoms with van der Waals surface area (Å²) < 4.78 is 5.19. The molecule has 2 aromatic carbocycles. The number of carboxylic acids is 1. The van der Waals surface area contributed by atoms with Gasteiger partial charge in [0, 0.05) is 12.7 Å². The number of amides is 1. The van der Waals surface area contributed by atoms with E-state index in [1.54, 1.807) is 36.4 Å². The molecule has 1 atom stereocenters. The summed E-state index contributed by atoms with van der Waals surface area (Å²) in [6, 6.07) is 16.0. The van der Waals surface area contributed by atoms with Crippen LogP contribution >= 0.6 is 0 Å². The van der Waals surface area contributed by atoms with Crippen molar-refractivity contribution in [2.75, 3.05) is 18.7 Å². The Bertz CT molecular complexity index is 1050. The van der Waals surface area contributed by atoms with Crippen molar-refractivity contribution in [1.82, 2.24) is 0 Å². The number of rotatable bonds is 7. The van der Waals surface area contributed by atoms with Gasteiger partial charge in [-0.2, -0.15) is 10.4 Å². The van der Waals surface area contributed by atoms with Crippen molar-refractivity contribution in [1.29, 1.82) is 5.26 Å². The van der Waals surface area contributed by atoms with Crippen LogP contribution in [-0.2, 0) is 14.3 Å². The van der Waals surface area contributed by atoms with Gasteiger partial charge in [0.1, 0.15) is 0 Å². The molecule has 0 saturated heterocycles. The minimum Gasteiger partial charge on any atom is -0.478 e. The van der Waals surface area contributed by atoms with Gasteiger partial charge < -0.3 is 9.84 Å². The van der Waals surface area contributed by atoms with E-state index in [1.165, 1.54) is 18.2 Å². The number of benzene rings is 2. The fourth-order valence-electron chi connectivity index (χ4n) is 3.17. The minimum atomic E-state index is -1.11. The number of anilines is 1. The lowest BCUT2D eigenvalue weighted by Gasteiger charge is -2.15. The van der Waals surface area contributed by atoms with Crippen molar-refractivity contribution < 1.29 is 19.4 Å². The molecule has 1 N–H and O–H groups in total. The summed E-state index contributed by atoms with van der Waals surface area (Å²) in [5, 5.41) is 24.3. The fourth-order valence-corrected chi connectivity index (χ4v) is 3.17. The average Bonchev–Trinajstić information content (AvgIpc) is 3.04. The number of hydrogen-bond acceptors (Lipinski definition) is 5. The molecule has 1 amide bonds. The second-order valence-corrected chi connectivity index (χ2v) is 6.98. The van der Waals surface area contributed by atoms with Gasteiger partial charge in [-0.05, 0) is 49.2 Å². The maximum absolute atomic E-state index is 13.1. The summed E-state index contributed by atoms with van der Waals surface area (Å²) >= 11 is 0. The molecule has 152 valence electrons. The van der Waals surface area contributed by atoms with Crippen LogP contribution in [0.5, 0.6) is 0 Å². The Morgan fingerprint density at radius 2 is 1.90 bits per heavy atom. The molecular formula is C23H21N3O4. The molecule has 0 fully saturated rings. The molecule has 0 radical (unpaired) electrons. The maximum Gasteiger partial charge on any atom is 0.331 e. The zero-order valence-electron chi connectivity index (χ0n) is 16.7. The summed E-state index contributed by atoms with van der Waals surface area (Å²) in [4.78, 5) is 24.9. The molecule has 0 bridgehead atoms. The average molecular weight is 403 g/mol. The normalized spacial score (nSPS) is 16.4. The Kier molecular flexibility index (Phi) is 6.40. The lowest BCUT2D eigenvalue weighted by atomic mass is 9.93. The van der Waals surface area contributed by atoms with E-state index >= 15 is 0 Å².